The van der Waals surface area contributed by atoms with E-state index >= 15 is 0 Å². The molecule has 0 amide bonds. The first-order valence-corrected chi connectivity index (χ1v) is 9.41. The van der Waals surface area contributed by atoms with Gasteiger partial charge in [-0.05, 0) is 50.6 Å². The number of nitrogens with one attached hydrogen (secondary N) is 1. The van der Waals surface area contributed by atoms with Crippen LogP contribution in [0.4, 0.5) is 0 Å². The van der Waals surface area contributed by atoms with E-state index in [1.165, 1.54) is 12.8 Å². The van der Waals surface area contributed by atoms with E-state index in [9.17, 15) is 8.42 Å². The molecule has 2 aliphatic rings. The highest BCUT2D eigenvalue weighted by Gasteiger charge is 2.30. The van der Waals surface area contributed by atoms with E-state index in [0.717, 1.165) is 51.9 Å². The molecular formula is C14H28N2O2S. The Morgan fingerprint density at radius 2 is 1.68 bits per heavy atom. The first kappa shape index (κ1) is 15.3. The minimum atomic E-state index is -3.00. The van der Waals surface area contributed by atoms with E-state index < -0.39 is 10.0 Å². The van der Waals surface area contributed by atoms with Crippen molar-refractivity contribution in [2.24, 2.45) is 11.8 Å². The van der Waals surface area contributed by atoms with Gasteiger partial charge in [0.1, 0.15) is 0 Å². The van der Waals surface area contributed by atoms with Crippen LogP contribution in [0.15, 0.2) is 0 Å². The highest BCUT2D eigenvalue weighted by Crippen LogP contribution is 2.28. The Labute approximate surface area is 118 Å². The van der Waals surface area contributed by atoms with Crippen LogP contribution in [0.1, 0.15) is 45.4 Å². The molecule has 1 N–H and O–H groups in total. The zero-order valence-electron chi connectivity index (χ0n) is 12.1. The van der Waals surface area contributed by atoms with E-state index in [-0.39, 0.29) is 0 Å². The second-order valence-corrected chi connectivity index (χ2v) is 8.09. The van der Waals surface area contributed by atoms with Crippen LogP contribution < -0.4 is 5.32 Å². The van der Waals surface area contributed by atoms with E-state index in [4.69, 9.17) is 0 Å². The number of sulfonamides is 1. The number of nitrogens with zero attached hydrogens (tertiary/aromatic N) is 1. The van der Waals surface area contributed by atoms with Crippen molar-refractivity contribution in [3.8, 4) is 0 Å². The van der Waals surface area contributed by atoms with Crippen LogP contribution in [-0.2, 0) is 10.0 Å². The summed E-state index contributed by atoms with van der Waals surface area (Å²) in [4.78, 5) is 0. The fourth-order valence-corrected chi connectivity index (χ4v) is 5.23. The van der Waals surface area contributed by atoms with Crippen LogP contribution in [0.3, 0.4) is 0 Å². The van der Waals surface area contributed by atoms with Crippen molar-refractivity contribution < 1.29 is 8.42 Å². The SMILES string of the molecule is CCNCC1CCN(S(=O)(=O)CC2CCCC2)CC1. The minimum Gasteiger partial charge on any atom is -0.317 e. The molecule has 0 aromatic rings. The van der Waals surface area contributed by atoms with Crippen molar-refractivity contribution in [1.29, 1.82) is 0 Å². The summed E-state index contributed by atoms with van der Waals surface area (Å²) in [6.45, 7) is 5.60. The minimum absolute atomic E-state index is 0.394. The van der Waals surface area contributed by atoms with Crippen molar-refractivity contribution in [2.45, 2.75) is 45.4 Å². The predicted molar refractivity (Wildman–Crippen MR) is 78.6 cm³/mol. The molecule has 1 aliphatic carbocycles. The first-order chi connectivity index (χ1) is 9.12. The molecule has 0 radical (unpaired) electrons. The van der Waals surface area contributed by atoms with Gasteiger partial charge < -0.3 is 5.32 Å². The lowest BCUT2D eigenvalue weighted by Gasteiger charge is -2.32. The average molecular weight is 288 g/mol. The highest BCUT2D eigenvalue weighted by atomic mass is 32.2. The molecule has 19 heavy (non-hydrogen) atoms. The molecular weight excluding hydrogens is 260 g/mol. The summed E-state index contributed by atoms with van der Waals surface area (Å²) in [6, 6.07) is 0. The topological polar surface area (TPSA) is 49.4 Å². The van der Waals surface area contributed by atoms with Gasteiger partial charge in [-0.1, -0.05) is 19.8 Å². The zero-order chi connectivity index (χ0) is 13.7. The molecule has 0 bridgehead atoms. The molecule has 0 atom stereocenters. The molecule has 4 nitrogen and oxygen atoms in total. The molecule has 0 unspecified atom stereocenters. The normalized spacial score (nSPS) is 24.1. The molecule has 1 heterocycles. The van der Waals surface area contributed by atoms with Gasteiger partial charge in [0.25, 0.3) is 0 Å². The van der Waals surface area contributed by atoms with Crippen molar-refractivity contribution in [1.82, 2.24) is 9.62 Å². The lowest BCUT2D eigenvalue weighted by Crippen LogP contribution is -2.42. The van der Waals surface area contributed by atoms with Crippen LogP contribution in [0.2, 0.25) is 0 Å². The van der Waals surface area contributed by atoms with Gasteiger partial charge in [0.2, 0.25) is 10.0 Å². The number of rotatable bonds is 6. The lowest BCUT2D eigenvalue weighted by atomic mass is 9.98. The Morgan fingerprint density at radius 3 is 2.26 bits per heavy atom. The summed E-state index contributed by atoms with van der Waals surface area (Å²) in [6.07, 6.45) is 6.66. The standard InChI is InChI=1S/C14H28N2O2S/c1-2-15-11-13-7-9-16(10-8-13)19(17,18)12-14-5-3-4-6-14/h13-15H,2-12H2,1H3. The van der Waals surface area contributed by atoms with Crippen LogP contribution in [0.25, 0.3) is 0 Å². The van der Waals surface area contributed by atoms with Crippen molar-refractivity contribution >= 4 is 10.0 Å². The van der Waals surface area contributed by atoms with Crippen molar-refractivity contribution in [3.05, 3.63) is 0 Å². The maximum Gasteiger partial charge on any atom is 0.214 e. The van der Waals surface area contributed by atoms with Gasteiger partial charge in [-0.25, -0.2) is 12.7 Å². The number of hydrogen-bond acceptors (Lipinski definition) is 3. The summed E-state index contributed by atoms with van der Waals surface area (Å²) < 4.78 is 26.5. The maximum absolute atomic E-state index is 12.4. The van der Waals surface area contributed by atoms with Crippen LogP contribution in [0.5, 0.6) is 0 Å². The Hall–Kier alpha value is -0.130. The summed E-state index contributed by atoms with van der Waals surface area (Å²) in [5, 5.41) is 3.36. The smallest absolute Gasteiger partial charge is 0.214 e. The van der Waals surface area contributed by atoms with Crippen LogP contribution in [0, 0.1) is 11.8 Å². The van der Waals surface area contributed by atoms with Gasteiger partial charge in [0, 0.05) is 13.1 Å². The quantitative estimate of drug-likeness (QED) is 0.811. The Morgan fingerprint density at radius 1 is 1.05 bits per heavy atom. The van der Waals surface area contributed by atoms with Crippen molar-refractivity contribution in [3.63, 3.8) is 0 Å². The molecule has 5 heteroatoms. The number of piperidine rings is 1. The lowest BCUT2D eigenvalue weighted by molar-refractivity contribution is 0.267. The van der Waals surface area contributed by atoms with E-state index in [2.05, 4.69) is 12.2 Å². The Kier molecular flexibility index (Phi) is 5.66. The van der Waals surface area contributed by atoms with Gasteiger partial charge >= 0.3 is 0 Å². The second kappa shape index (κ2) is 7.04. The Bertz CT molecular complexity index is 356. The molecule has 0 aromatic carbocycles. The average Bonchev–Trinajstić information content (AvgIpc) is 2.89. The van der Waals surface area contributed by atoms with Crippen LogP contribution >= 0.6 is 0 Å². The largest absolute Gasteiger partial charge is 0.317 e. The second-order valence-electron chi connectivity index (χ2n) is 6.08. The third kappa shape index (κ3) is 4.43. The van der Waals surface area contributed by atoms with Crippen LogP contribution in [-0.4, -0.2) is 44.7 Å². The summed E-state index contributed by atoms with van der Waals surface area (Å²) in [5.74, 6) is 1.47. The maximum atomic E-state index is 12.4. The third-order valence-electron chi connectivity index (χ3n) is 4.57. The van der Waals surface area contributed by atoms with Gasteiger partial charge in [0.05, 0.1) is 5.75 Å². The first-order valence-electron chi connectivity index (χ1n) is 7.80. The van der Waals surface area contributed by atoms with E-state index in [1.54, 1.807) is 4.31 Å². The molecule has 2 rings (SSSR count). The molecule has 1 aliphatic heterocycles. The van der Waals surface area contributed by atoms with E-state index in [1.807, 2.05) is 0 Å². The molecule has 2 fully saturated rings. The summed E-state index contributed by atoms with van der Waals surface area (Å²) in [5.41, 5.74) is 0. The molecule has 0 spiro atoms. The third-order valence-corrected chi connectivity index (χ3v) is 6.62. The molecule has 112 valence electrons. The summed E-state index contributed by atoms with van der Waals surface area (Å²) in [7, 11) is -3.00. The molecule has 0 aromatic heterocycles. The van der Waals surface area contributed by atoms with Gasteiger partial charge in [-0.2, -0.15) is 0 Å². The number of hydrogen-bond donors (Lipinski definition) is 1. The predicted octanol–water partition coefficient (Wildman–Crippen LogP) is 1.83. The van der Waals surface area contributed by atoms with Gasteiger partial charge in [-0.3, -0.25) is 0 Å². The highest BCUT2D eigenvalue weighted by molar-refractivity contribution is 7.89. The van der Waals surface area contributed by atoms with E-state index in [0.29, 0.717) is 17.6 Å². The van der Waals surface area contributed by atoms with Crippen molar-refractivity contribution in [2.75, 3.05) is 31.9 Å². The monoisotopic (exact) mass is 288 g/mol. The van der Waals surface area contributed by atoms with Gasteiger partial charge in [-0.15, -0.1) is 0 Å². The molecule has 1 saturated carbocycles. The van der Waals surface area contributed by atoms with Gasteiger partial charge in [0.15, 0.2) is 0 Å². The molecule has 1 saturated heterocycles. The summed E-state index contributed by atoms with van der Waals surface area (Å²) >= 11 is 0. The zero-order valence-corrected chi connectivity index (χ0v) is 12.9. The fraction of sp³-hybridized carbons (Fsp3) is 1.00. The Balaban J connectivity index is 1.79. The fourth-order valence-electron chi connectivity index (χ4n) is 3.32.